The van der Waals surface area contributed by atoms with Gasteiger partial charge in [0, 0.05) is 11.8 Å². The lowest BCUT2D eigenvalue weighted by molar-refractivity contribution is 0.112. The van der Waals surface area contributed by atoms with E-state index in [0.29, 0.717) is 23.4 Å². The fourth-order valence-corrected chi connectivity index (χ4v) is 0.962. The van der Waals surface area contributed by atoms with Crippen molar-refractivity contribution in [1.29, 1.82) is 0 Å². The van der Waals surface area contributed by atoms with Crippen molar-refractivity contribution in [3.63, 3.8) is 0 Å². The van der Waals surface area contributed by atoms with Gasteiger partial charge < -0.3 is 0 Å². The summed E-state index contributed by atoms with van der Waals surface area (Å²) in [4.78, 5) is 14.6. The van der Waals surface area contributed by atoms with E-state index in [9.17, 15) is 4.79 Å². The molecule has 2 aromatic rings. The lowest BCUT2D eigenvalue weighted by Crippen LogP contribution is -1.92. The molecule has 0 aliphatic heterocycles. The third-order valence-corrected chi connectivity index (χ3v) is 1.52. The number of carbonyl (C=O) groups excluding carboxylic acids is 1. The molecule has 0 amide bonds. The van der Waals surface area contributed by atoms with Gasteiger partial charge in [-0.1, -0.05) is 0 Å². The van der Waals surface area contributed by atoms with Crippen LogP contribution in [0.15, 0.2) is 18.3 Å². The van der Waals surface area contributed by atoms with Gasteiger partial charge in [-0.2, -0.15) is 5.21 Å². The van der Waals surface area contributed by atoms with Gasteiger partial charge >= 0.3 is 0 Å². The summed E-state index contributed by atoms with van der Waals surface area (Å²) < 4.78 is 0. The number of nitrogens with zero attached hydrogens (tertiary/aromatic N) is 4. The molecule has 0 unspecified atom stereocenters. The number of H-pyrrole nitrogens is 1. The Morgan fingerprint density at radius 2 is 2.38 bits per heavy atom. The SMILES string of the molecule is O=Cc1cccnc1-c1nn[nH]n1. The Morgan fingerprint density at radius 3 is 3.08 bits per heavy atom. The molecule has 6 heteroatoms. The molecular formula is C7H5N5O. The Morgan fingerprint density at radius 1 is 1.46 bits per heavy atom. The standard InChI is InChI=1S/C7H5N5O/c13-4-5-2-1-3-8-6(5)7-9-11-12-10-7/h1-4H,(H,9,10,11,12). The van der Waals surface area contributed by atoms with Crippen LogP contribution in [-0.4, -0.2) is 31.9 Å². The molecule has 0 saturated heterocycles. The van der Waals surface area contributed by atoms with Gasteiger partial charge in [-0.25, -0.2) is 0 Å². The van der Waals surface area contributed by atoms with Crippen LogP contribution in [0.5, 0.6) is 0 Å². The minimum absolute atomic E-state index is 0.322. The summed E-state index contributed by atoms with van der Waals surface area (Å²) in [5, 5.41) is 13.1. The minimum atomic E-state index is 0.322. The molecule has 1 N–H and O–H groups in total. The van der Waals surface area contributed by atoms with Gasteiger partial charge in [-0.05, 0) is 17.3 Å². The molecule has 0 spiro atoms. The van der Waals surface area contributed by atoms with Gasteiger partial charge in [0.15, 0.2) is 6.29 Å². The van der Waals surface area contributed by atoms with Crippen molar-refractivity contribution in [2.75, 3.05) is 0 Å². The lowest BCUT2D eigenvalue weighted by Gasteiger charge is -1.95. The van der Waals surface area contributed by atoms with Crippen molar-refractivity contribution in [2.24, 2.45) is 0 Å². The maximum absolute atomic E-state index is 10.6. The van der Waals surface area contributed by atoms with Crippen LogP contribution in [0.4, 0.5) is 0 Å². The van der Waals surface area contributed by atoms with Crippen LogP contribution in [-0.2, 0) is 0 Å². The number of pyridine rings is 1. The zero-order chi connectivity index (χ0) is 9.10. The smallest absolute Gasteiger partial charge is 0.223 e. The van der Waals surface area contributed by atoms with E-state index in [1.54, 1.807) is 18.3 Å². The zero-order valence-corrected chi connectivity index (χ0v) is 6.51. The number of hydrogen-bond acceptors (Lipinski definition) is 5. The summed E-state index contributed by atoms with van der Waals surface area (Å²) in [5.74, 6) is 0.322. The molecule has 2 rings (SSSR count). The zero-order valence-electron chi connectivity index (χ0n) is 6.51. The molecule has 0 aliphatic carbocycles. The fraction of sp³-hybridized carbons (Fsp3) is 0. The van der Waals surface area contributed by atoms with Gasteiger partial charge in [0.05, 0.1) is 0 Å². The molecule has 64 valence electrons. The second-order valence-corrected chi connectivity index (χ2v) is 2.29. The van der Waals surface area contributed by atoms with Crippen molar-refractivity contribution in [1.82, 2.24) is 25.6 Å². The van der Waals surface area contributed by atoms with E-state index in [1.165, 1.54) is 0 Å². The van der Waals surface area contributed by atoms with Crippen molar-refractivity contribution < 1.29 is 4.79 Å². The Labute approximate surface area is 73.0 Å². The van der Waals surface area contributed by atoms with Crippen molar-refractivity contribution >= 4 is 6.29 Å². The van der Waals surface area contributed by atoms with Gasteiger partial charge in [0.25, 0.3) is 0 Å². The molecule has 0 bridgehead atoms. The first-order chi connectivity index (χ1) is 6.42. The number of aromatic nitrogens is 5. The maximum atomic E-state index is 10.6. The fourth-order valence-electron chi connectivity index (χ4n) is 0.962. The maximum Gasteiger partial charge on any atom is 0.223 e. The van der Waals surface area contributed by atoms with Crippen molar-refractivity contribution in [3.05, 3.63) is 23.9 Å². The number of hydrogen-bond donors (Lipinski definition) is 1. The lowest BCUT2D eigenvalue weighted by atomic mass is 10.2. The highest BCUT2D eigenvalue weighted by molar-refractivity contribution is 5.83. The molecule has 13 heavy (non-hydrogen) atoms. The summed E-state index contributed by atoms with van der Waals surface area (Å²) in [6, 6.07) is 3.32. The van der Waals surface area contributed by atoms with Crippen LogP contribution in [0.3, 0.4) is 0 Å². The largest absolute Gasteiger partial charge is 0.298 e. The third kappa shape index (κ3) is 1.28. The van der Waals surface area contributed by atoms with E-state index in [0.717, 1.165) is 0 Å². The molecule has 0 aliphatic rings. The first-order valence-electron chi connectivity index (χ1n) is 3.56. The van der Waals surface area contributed by atoms with E-state index >= 15 is 0 Å². The molecule has 0 atom stereocenters. The number of nitrogens with one attached hydrogen (secondary N) is 1. The first kappa shape index (κ1) is 7.53. The van der Waals surface area contributed by atoms with Crippen molar-refractivity contribution in [3.8, 4) is 11.5 Å². The summed E-state index contributed by atoms with van der Waals surface area (Å²) in [6.07, 6.45) is 2.28. The summed E-state index contributed by atoms with van der Waals surface area (Å²) in [5.41, 5.74) is 0.884. The third-order valence-electron chi connectivity index (χ3n) is 1.52. The molecule has 0 fully saturated rings. The molecule has 2 aromatic heterocycles. The molecule has 0 aromatic carbocycles. The van der Waals surface area contributed by atoms with Gasteiger partial charge in [-0.3, -0.25) is 9.78 Å². The van der Waals surface area contributed by atoms with Crippen LogP contribution in [0.1, 0.15) is 10.4 Å². The molecule has 0 radical (unpaired) electrons. The highest BCUT2D eigenvalue weighted by Gasteiger charge is 2.08. The van der Waals surface area contributed by atoms with Gasteiger partial charge in [-0.15, -0.1) is 10.2 Å². The molecule has 2 heterocycles. The van der Waals surface area contributed by atoms with Crippen LogP contribution < -0.4 is 0 Å². The Balaban J connectivity index is 2.57. The number of aldehydes is 1. The van der Waals surface area contributed by atoms with Crippen LogP contribution >= 0.6 is 0 Å². The molecular weight excluding hydrogens is 170 g/mol. The van der Waals surface area contributed by atoms with E-state index < -0.39 is 0 Å². The quantitative estimate of drug-likeness (QED) is 0.653. The molecule has 6 nitrogen and oxygen atoms in total. The van der Waals surface area contributed by atoms with E-state index in [1.807, 2.05) is 0 Å². The van der Waals surface area contributed by atoms with Gasteiger partial charge in [0.1, 0.15) is 5.69 Å². The summed E-state index contributed by atoms with van der Waals surface area (Å²) >= 11 is 0. The van der Waals surface area contributed by atoms with E-state index in [4.69, 9.17) is 0 Å². The number of tetrazole rings is 1. The predicted molar refractivity (Wildman–Crippen MR) is 42.8 cm³/mol. The Kier molecular flexibility index (Phi) is 1.79. The Bertz CT molecular complexity index is 411. The normalized spacial score (nSPS) is 9.85. The van der Waals surface area contributed by atoms with Crippen LogP contribution in [0.25, 0.3) is 11.5 Å². The number of rotatable bonds is 2. The first-order valence-corrected chi connectivity index (χ1v) is 3.56. The van der Waals surface area contributed by atoms with Gasteiger partial charge in [0.2, 0.25) is 5.82 Å². The van der Waals surface area contributed by atoms with E-state index in [2.05, 4.69) is 25.6 Å². The van der Waals surface area contributed by atoms with Crippen LogP contribution in [0, 0.1) is 0 Å². The highest BCUT2D eigenvalue weighted by Crippen LogP contribution is 2.12. The average molecular weight is 175 g/mol. The van der Waals surface area contributed by atoms with Crippen molar-refractivity contribution in [2.45, 2.75) is 0 Å². The monoisotopic (exact) mass is 175 g/mol. The average Bonchev–Trinajstić information content (AvgIpc) is 2.70. The highest BCUT2D eigenvalue weighted by atomic mass is 16.1. The minimum Gasteiger partial charge on any atom is -0.298 e. The van der Waals surface area contributed by atoms with E-state index in [-0.39, 0.29) is 0 Å². The molecule has 0 saturated carbocycles. The van der Waals surface area contributed by atoms with Crippen LogP contribution in [0.2, 0.25) is 0 Å². The summed E-state index contributed by atoms with van der Waals surface area (Å²) in [7, 11) is 0. The Hall–Kier alpha value is -2.11. The number of aromatic amines is 1. The topological polar surface area (TPSA) is 84.4 Å². The summed E-state index contributed by atoms with van der Waals surface area (Å²) in [6.45, 7) is 0. The number of carbonyl (C=O) groups is 1. The predicted octanol–water partition coefficient (Wildman–Crippen LogP) is 0.0742. The second kappa shape index (κ2) is 3.10. The second-order valence-electron chi connectivity index (χ2n) is 2.29.